The lowest BCUT2D eigenvalue weighted by molar-refractivity contribution is -0.115. The number of amides is 1. The predicted molar refractivity (Wildman–Crippen MR) is 106 cm³/mol. The van der Waals surface area contributed by atoms with Crippen LogP contribution in [0.2, 0.25) is 0 Å². The lowest BCUT2D eigenvalue weighted by Crippen LogP contribution is -2.15. The van der Waals surface area contributed by atoms with Crippen molar-refractivity contribution in [1.29, 1.82) is 0 Å². The minimum absolute atomic E-state index is 0.0745. The van der Waals surface area contributed by atoms with Crippen LogP contribution in [0.5, 0.6) is 11.5 Å². The Balaban J connectivity index is 1.61. The highest BCUT2D eigenvalue weighted by atomic mass is 19.1. The molecular weight excluding hydrogens is 361 g/mol. The number of hydrogen-bond donors (Lipinski definition) is 2. The smallest absolute Gasteiger partial charge is 0.229 e. The first-order chi connectivity index (χ1) is 13.6. The average molecular weight is 381 g/mol. The Bertz CT molecular complexity index is 961. The van der Waals surface area contributed by atoms with E-state index in [9.17, 15) is 9.18 Å². The van der Waals surface area contributed by atoms with E-state index in [1.54, 1.807) is 50.7 Å². The number of rotatable bonds is 7. The molecule has 0 saturated carbocycles. The predicted octanol–water partition coefficient (Wildman–Crippen LogP) is 4.16. The topological polar surface area (TPSA) is 72.5 Å². The van der Waals surface area contributed by atoms with E-state index >= 15 is 0 Å². The Morgan fingerprint density at radius 1 is 1.00 bits per heavy atom. The second-order valence-corrected chi connectivity index (χ2v) is 5.98. The largest absolute Gasteiger partial charge is 0.493 e. The van der Waals surface area contributed by atoms with Gasteiger partial charge in [-0.15, -0.1) is 0 Å². The van der Waals surface area contributed by atoms with Crippen LogP contribution in [0.15, 0.2) is 60.8 Å². The molecule has 1 heterocycles. The number of carbonyl (C=O) groups excluding carboxylic acids is 1. The van der Waals surface area contributed by atoms with Gasteiger partial charge in [0.2, 0.25) is 5.91 Å². The van der Waals surface area contributed by atoms with Crippen molar-refractivity contribution in [2.75, 3.05) is 24.9 Å². The molecular formula is C21H20FN3O3. The van der Waals surface area contributed by atoms with Gasteiger partial charge < -0.3 is 20.1 Å². The average Bonchev–Trinajstić information content (AvgIpc) is 2.69. The van der Waals surface area contributed by atoms with Crippen molar-refractivity contribution in [1.82, 2.24) is 4.98 Å². The van der Waals surface area contributed by atoms with Gasteiger partial charge in [0.05, 0.1) is 32.5 Å². The number of halogens is 1. The van der Waals surface area contributed by atoms with Gasteiger partial charge in [0.1, 0.15) is 11.6 Å². The summed E-state index contributed by atoms with van der Waals surface area (Å²) >= 11 is 0. The van der Waals surface area contributed by atoms with Gasteiger partial charge in [0, 0.05) is 11.8 Å². The molecule has 2 aromatic carbocycles. The van der Waals surface area contributed by atoms with Crippen molar-refractivity contribution >= 4 is 23.1 Å². The number of nitrogens with zero attached hydrogens (tertiary/aromatic N) is 1. The molecule has 0 bridgehead atoms. The molecule has 7 heteroatoms. The second-order valence-electron chi connectivity index (χ2n) is 5.98. The van der Waals surface area contributed by atoms with Crippen molar-refractivity contribution in [2.45, 2.75) is 6.42 Å². The Hall–Kier alpha value is -3.61. The summed E-state index contributed by atoms with van der Waals surface area (Å²) in [5, 5.41) is 5.90. The van der Waals surface area contributed by atoms with Gasteiger partial charge in [-0.05, 0) is 42.0 Å². The molecule has 0 unspecified atom stereocenters. The van der Waals surface area contributed by atoms with Crippen LogP contribution in [0.25, 0.3) is 0 Å². The summed E-state index contributed by atoms with van der Waals surface area (Å²) in [6, 6.07) is 14.9. The van der Waals surface area contributed by atoms with Crippen LogP contribution >= 0.6 is 0 Å². The van der Waals surface area contributed by atoms with E-state index in [1.807, 2.05) is 12.1 Å². The monoisotopic (exact) mass is 381 g/mol. The van der Waals surface area contributed by atoms with Crippen molar-refractivity contribution in [3.8, 4) is 11.5 Å². The van der Waals surface area contributed by atoms with Crippen molar-refractivity contribution in [3.63, 3.8) is 0 Å². The molecule has 3 aromatic rings. The normalized spacial score (nSPS) is 10.2. The first kappa shape index (κ1) is 19.2. The molecule has 0 aliphatic rings. The lowest BCUT2D eigenvalue weighted by Gasteiger charge is -2.11. The van der Waals surface area contributed by atoms with E-state index in [0.717, 1.165) is 11.4 Å². The first-order valence-corrected chi connectivity index (χ1v) is 8.57. The quantitative estimate of drug-likeness (QED) is 0.643. The maximum Gasteiger partial charge on any atom is 0.229 e. The third kappa shape index (κ3) is 4.97. The van der Waals surface area contributed by atoms with Crippen molar-refractivity contribution < 1.29 is 18.7 Å². The Morgan fingerprint density at radius 2 is 1.79 bits per heavy atom. The Kier molecular flexibility index (Phi) is 6.06. The third-order valence-electron chi connectivity index (χ3n) is 3.96. The standard InChI is InChI=1S/C21H20FN3O3/c1-27-18-8-6-16(12-19(18)28-2)24-17-7-9-20(23-13-17)25-21(26)11-14-4-3-5-15(22)10-14/h3-10,12-13,24H,11H2,1-2H3,(H,23,25,26). The van der Waals surface area contributed by atoms with Gasteiger partial charge in [-0.2, -0.15) is 0 Å². The minimum Gasteiger partial charge on any atom is -0.493 e. The van der Waals surface area contributed by atoms with E-state index in [4.69, 9.17) is 9.47 Å². The molecule has 1 amide bonds. The van der Waals surface area contributed by atoms with Crippen molar-refractivity contribution in [3.05, 3.63) is 72.2 Å². The summed E-state index contributed by atoms with van der Waals surface area (Å²) in [6.07, 6.45) is 1.68. The zero-order valence-corrected chi connectivity index (χ0v) is 15.5. The molecule has 2 N–H and O–H groups in total. The maximum absolute atomic E-state index is 13.2. The molecule has 0 saturated heterocycles. The number of nitrogens with one attached hydrogen (secondary N) is 2. The van der Waals surface area contributed by atoms with Crippen LogP contribution in [0.4, 0.5) is 21.6 Å². The summed E-state index contributed by atoms with van der Waals surface area (Å²) in [6.45, 7) is 0. The zero-order chi connectivity index (χ0) is 19.9. The molecule has 0 spiro atoms. The number of benzene rings is 2. The fourth-order valence-electron chi connectivity index (χ4n) is 2.64. The van der Waals surface area contributed by atoms with Crippen LogP contribution < -0.4 is 20.1 Å². The van der Waals surface area contributed by atoms with Gasteiger partial charge in [0.15, 0.2) is 11.5 Å². The van der Waals surface area contributed by atoms with Gasteiger partial charge in [-0.1, -0.05) is 12.1 Å². The molecule has 0 aliphatic heterocycles. The summed E-state index contributed by atoms with van der Waals surface area (Å²) in [4.78, 5) is 16.3. The summed E-state index contributed by atoms with van der Waals surface area (Å²) in [5.74, 6) is 1.04. The zero-order valence-electron chi connectivity index (χ0n) is 15.5. The molecule has 3 rings (SSSR count). The first-order valence-electron chi connectivity index (χ1n) is 8.57. The molecule has 0 fully saturated rings. The number of aromatic nitrogens is 1. The van der Waals surface area contributed by atoms with E-state index < -0.39 is 0 Å². The lowest BCUT2D eigenvalue weighted by atomic mass is 10.1. The van der Waals surface area contributed by atoms with Crippen LogP contribution in [0.1, 0.15) is 5.56 Å². The number of methoxy groups -OCH3 is 2. The summed E-state index contributed by atoms with van der Waals surface area (Å²) in [5.41, 5.74) is 2.15. The summed E-state index contributed by atoms with van der Waals surface area (Å²) < 4.78 is 23.7. The molecule has 0 atom stereocenters. The van der Waals surface area contributed by atoms with Gasteiger partial charge in [-0.3, -0.25) is 4.79 Å². The number of anilines is 3. The molecule has 1 aromatic heterocycles. The molecule has 0 aliphatic carbocycles. The number of hydrogen-bond acceptors (Lipinski definition) is 5. The minimum atomic E-state index is -0.367. The third-order valence-corrected chi connectivity index (χ3v) is 3.96. The van der Waals surface area contributed by atoms with E-state index in [0.29, 0.717) is 22.9 Å². The van der Waals surface area contributed by atoms with Crippen LogP contribution in [0.3, 0.4) is 0 Å². The van der Waals surface area contributed by atoms with Crippen LogP contribution in [0, 0.1) is 5.82 Å². The molecule has 28 heavy (non-hydrogen) atoms. The molecule has 144 valence electrons. The summed E-state index contributed by atoms with van der Waals surface area (Å²) in [7, 11) is 3.15. The number of ether oxygens (including phenoxy) is 2. The van der Waals surface area contributed by atoms with Crippen LogP contribution in [-0.2, 0) is 11.2 Å². The van der Waals surface area contributed by atoms with E-state index in [-0.39, 0.29) is 18.1 Å². The molecule has 6 nitrogen and oxygen atoms in total. The van der Waals surface area contributed by atoms with Crippen LogP contribution in [-0.4, -0.2) is 25.1 Å². The highest BCUT2D eigenvalue weighted by molar-refractivity contribution is 5.91. The van der Waals surface area contributed by atoms with E-state index in [1.165, 1.54) is 12.1 Å². The van der Waals surface area contributed by atoms with Gasteiger partial charge >= 0.3 is 0 Å². The Morgan fingerprint density at radius 3 is 2.46 bits per heavy atom. The second kappa shape index (κ2) is 8.85. The fraction of sp³-hybridized carbons (Fsp3) is 0.143. The van der Waals surface area contributed by atoms with Gasteiger partial charge in [0.25, 0.3) is 0 Å². The molecule has 0 radical (unpaired) electrons. The maximum atomic E-state index is 13.2. The number of carbonyl (C=O) groups is 1. The van der Waals surface area contributed by atoms with Gasteiger partial charge in [-0.25, -0.2) is 9.37 Å². The van der Waals surface area contributed by atoms with E-state index in [2.05, 4.69) is 15.6 Å². The highest BCUT2D eigenvalue weighted by Gasteiger charge is 2.07. The van der Waals surface area contributed by atoms with Crippen molar-refractivity contribution in [2.24, 2.45) is 0 Å². The highest BCUT2D eigenvalue weighted by Crippen LogP contribution is 2.31. The Labute approximate surface area is 162 Å². The SMILES string of the molecule is COc1ccc(Nc2ccc(NC(=O)Cc3cccc(F)c3)nc2)cc1OC. The fourth-order valence-corrected chi connectivity index (χ4v) is 2.64. The number of pyridine rings is 1.